The average Bonchev–Trinajstić information content (AvgIpc) is 2.53. The van der Waals surface area contributed by atoms with E-state index < -0.39 is 10.0 Å². The number of nitrogens with zero attached hydrogens (tertiary/aromatic N) is 1. The Morgan fingerprint density at radius 2 is 2.09 bits per heavy atom. The summed E-state index contributed by atoms with van der Waals surface area (Å²) in [4.78, 5) is 13.5. The van der Waals surface area contributed by atoms with E-state index in [0.717, 1.165) is 0 Å². The lowest BCUT2D eigenvalue weighted by Gasteiger charge is -2.26. The Balaban J connectivity index is 2.01. The number of halogens is 1. The lowest BCUT2D eigenvalue weighted by Crippen LogP contribution is -2.45. The molecule has 1 heterocycles. The van der Waals surface area contributed by atoms with Crippen LogP contribution in [0, 0.1) is 0 Å². The van der Waals surface area contributed by atoms with E-state index in [1.807, 2.05) is 0 Å². The van der Waals surface area contributed by atoms with Crippen LogP contribution >= 0.6 is 11.6 Å². The average molecular weight is 349 g/mol. The predicted octanol–water partition coefficient (Wildman–Crippen LogP) is 0.486. The van der Waals surface area contributed by atoms with E-state index in [1.54, 1.807) is 4.90 Å². The summed E-state index contributed by atoms with van der Waals surface area (Å²) < 4.78 is 36.7. The number of sulfonamides is 1. The normalized spacial score (nSPS) is 15.6. The van der Waals surface area contributed by atoms with Gasteiger partial charge in [0.2, 0.25) is 15.9 Å². The SMILES string of the molecule is COc1ccc(S(=O)(=O)NCC(=O)N2CCOCC2)cc1Cl. The molecule has 0 bridgehead atoms. The first kappa shape index (κ1) is 17.0. The quantitative estimate of drug-likeness (QED) is 0.837. The summed E-state index contributed by atoms with van der Waals surface area (Å²) in [5.41, 5.74) is 0. The number of morpholine rings is 1. The van der Waals surface area contributed by atoms with E-state index >= 15 is 0 Å². The first-order valence-corrected chi connectivity index (χ1v) is 8.49. The van der Waals surface area contributed by atoms with E-state index in [2.05, 4.69) is 4.72 Å². The van der Waals surface area contributed by atoms with Gasteiger partial charge in [-0.15, -0.1) is 0 Å². The van der Waals surface area contributed by atoms with Crippen LogP contribution in [0.15, 0.2) is 23.1 Å². The fourth-order valence-electron chi connectivity index (χ4n) is 1.98. The van der Waals surface area contributed by atoms with Crippen LogP contribution in [0.25, 0.3) is 0 Å². The topological polar surface area (TPSA) is 84.9 Å². The zero-order valence-corrected chi connectivity index (χ0v) is 13.6. The van der Waals surface area contributed by atoms with Gasteiger partial charge < -0.3 is 14.4 Å². The molecule has 9 heteroatoms. The Hall–Kier alpha value is -1.35. The third-order valence-corrected chi connectivity index (χ3v) is 4.91. The summed E-state index contributed by atoms with van der Waals surface area (Å²) in [5.74, 6) is 0.0940. The molecule has 0 atom stereocenters. The highest BCUT2D eigenvalue weighted by molar-refractivity contribution is 7.89. The van der Waals surface area contributed by atoms with E-state index in [0.29, 0.717) is 32.1 Å². The Kier molecular flexibility index (Phi) is 5.63. The zero-order valence-electron chi connectivity index (χ0n) is 12.0. The molecule has 1 aliphatic rings. The molecule has 0 unspecified atom stereocenters. The molecule has 1 amide bonds. The first-order valence-electron chi connectivity index (χ1n) is 6.63. The Morgan fingerprint density at radius 1 is 1.41 bits per heavy atom. The Bertz CT molecular complexity index is 644. The minimum atomic E-state index is -3.81. The van der Waals surface area contributed by atoms with Gasteiger partial charge in [0.1, 0.15) is 5.75 Å². The van der Waals surface area contributed by atoms with E-state index in [1.165, 1.54) is 25.3 Å². The maximum Gasteiger partial charge on any atom is 0.241 e. The maximum absolute atomic E-state index is 12.2. The lowest BCUT2D eigenvalue weighted by molar-refractivity contribution is -0.133. The van der Waals surface area contributed by atoms with Crippen molar-refractivity contribution in [2.75, 3.05) is 40.0 Å². The number of benzene rings is 1. The fraction of sp³-hybridized carbons (Fsp3) is 0.462. The summed E-state index contributed by atoms with van der Waals surface area (Å²) in [6.45, 7) is 1.56. The smallest absolute Gasteiger partial charge is 0.241 e. The Morgan fingerprint density at radius 3 is 2.68 bits per heavy atom. The van der Waals surface area contributed by atoms with Crippen LogP contribution in [0.5, 0.6) is 5.75 Å². The van der Waals surface area contributed by atoms with Gasteiger partial charge >= 0.3 is 0 Å². The van der Waals surface area contributed by atoms with Crippen molar-refractivity contribution in [2.24, 2.45) is 0 Å². The summed E-state index contributed by atoms with van der Waals surface area (Å²) >= 11 is 5.91. The van der Waals surface area contributed by atoms with Gasteiger partial charge in [-0.05, 0) is 18.2 Å². The zero-order chi connectivity index (χ0) is 16.2. The van der Waals surface area contributed by atoms with Crippen LogP contribution in [0.3, 0.4) is 0 Å². The van der Waals surface area contributed by atoms with Crippen molar-refractivity contribution in [3.8, 4) is 5.75 Å². The minimum Gasteiger partial charge on any atom is -0.495 e. The fourth-order valence-corrected chi connectivity index (χ4v) is 3.30. The number of nitrogens with one attached hydrogen (secondary N) is 1. The summed E-state index contributed by atoms with van der Waals surface area (Å²) in [5, 5.41) is 0.185. The predicted molar refractivity (Wildman–Crippen MR) is 80.6 cm³/mol. The number of methoxy groups -OCH3 is 1. The number of amides is 1. The van der Waals surface area contributed by atoms with Gasteiger partial charge in [-0.2, -0.15) is 0 Å². The van der Waals surface area contributed by atoms with Crippen molar-refractivity contribution in [3.05, 3.63) is 23.2 Å². The van der Waals surface area contributed by atoms with Crippen LogP contribution < -0.4 is 9.46 Å². The second kappa shape index (κ2) is 7.28. The third kappa shape index (κ3) is 4.10. The van der Waals surface area contributed by atoms with Gasteiger partial charge in [-0.25, -0.2) is 13.1 Å². The third-order valence-electron chi connectivity index (χ3n) is 3.21. The second-order valence-corrected chi connectivity index (χ2v) is 6.79. The van der Waals surface area contributed by atoms with Crippen molar-refractivity contribution < 1.29 is 22.7 Å². The van der Waals surface area contributed by atoms with Gasteiger partial charge in [-0.3, -0.25) is 4.79 Å². The molecule has 1 aromatic rings. The van der Waals surface area contributed by atoms with Gasteiger partial charge in [0.15, 0.2) is 0 Å². The first-order chi connectivity index (χ1) is 10.4. The highest BCUT2D eigenvalue weighted by Crippen LogP contribution is 2.26. The van der Waals surface area contributed by atoms with Crippen LogP contribution in [0.2, 0.25) is 5.02 Å². The van der Waals surface area contributed by atoms with Crippen molar-refractivity contribution in [1.29, 1.82) is 0 Å². The number of carbonyl (C=O) groups excluding carboxylic acids is 1. The number of hydrogen-bond acceptors (Lipinski definition) is 5. The van der Waals surface area contributed by atoms with E-state index in [4.69, 9.17) is 21.1 Å². The molecular formula is C13H17ClN2O5S. The molecule has 1 aliphatic heterocycles. The molecule has 0 aliphatic carbocycles. The molecule has 1 saturated heterocycles. The molecule has 1 fully saturated rings. The molecular weight excluding hydrogens is 332 g/mol. The second-order valence-electron chi connectivity index (χ2n) is 4.61. The molecule has 22 heavy (non-hydrogen) atoms. The van der Waals surface area contributed by atoms with Crippen LogP contribution in [-0.2, 0) is 19.6 Å². The van der Waals surface area contributed by atoms with Crippen molar-refractivity contribution in [3.63, 3.8) is 0 Å². The molecule has 0 saturated carbocycles. The van der Waals surface area contributed by atoms with E-state index in [9.17, 15) is 13.2 Å². The molecule has 0 aromatic heterocycles. The molecule has 1 aromatic carbocycles. The number of rotatable bonds is 5. The van der Waals surface area contributed by atoms with Crippen LogP contribution in [0.4, 0.5) is 0 Å². The number of ether oxygens (including phenoxy) is 2. The largest absolute Gasteiger partial charge is 0.495 e. The monoisotopic (exact) mass is 348 g/mol. The molecule has 7 nitrogen and oxygen atoms in total. The molecule has 1 N–H and O–H groups in total. The Labute approximate surface area is 134 Å². The van der Waals surface area contributed by atoms with Crippen LogP contribution in [-0.4, -0.2) is 59.2 Å². The summed E-state index contributed by atoms with van der Waals surface area (Å²) in [6.07, 6.45) is 0. The minimum absolute atomic E-state index is 0.0203. The van der Waals surface area contributed by atoms with Crippen molar-refractivity contribution in [2.45, 2.75) is 4.90 Å². The van der Waals surface area contributed by atoms with E-state index in [-0.39, 0.29) is 22.4 Å². The van der Waals surface area contributed by atoms with Crippen molar-refractivity contribution >= 4 is 27.5 Å². The van der Waals surface area contributed by atoms with Gasteiger partial charge in [0.25, 0.3) is 0 Å². The highest BCUT2D eigenvalue weighted by Gasteiger charge is 2.21. The molecule has 0 spiro atoms. The molecule has 122 valence electrons. The van der Waals surface area contributed by atoms with Crippen LogP contribution in [0.1, 0.15) is 0 Å². The molecule has 2 rings (SSSR count). The van der Waals surface area contributed by atoms with Crippen molar-refractivity contribution in [1.82, 2.24) is 9.62 Å². The van der Waals surface area contributed by atoms with Gasteiger partial charge in [0, 0.05) is 13.1 Å². The maximum atomic E-state index is 12.2. The number of hydrogen-bond donors (Lipinski definition) is 1. The highest BCUT2D eigenvalue weighted by atomic mass is 35.5. The summed E-state index contributed by atoms with van der Waals surface area (Å²) in [6, 6.07) is 4.11. The summed E-state index contributed by atoms with van der Waals surface area (Å²) in [7, 11) is -2.37. The lowest BCUT2D eigenvalue weighted by atomic mass is 10.3. The van der Waals surface area contributed by atoms with Gasteiger partial charge in [-0.1, -0.05) is 11.6 Å². The standard InChI is InChI=1S/C13H17ClN2O5S/c1-20-12-3-2-10(8-11(12)14)22(18,19)15-9-13(17)16-4-6-21-7-5-16/h2-3,8,15H,4-7,9H2,1H3. The van der Waals surface area contributed by atoms with Gasteiger partial charge in [0.05, 0.1) is 36.8 Å². The molecule has 0 radical (unpaired) electrons. The number of carbonyl (C=O) groups is 1.